The molecule has 0 aromatic heterocycles. The highest BCUT2D eigenvalue weighted by Gasteiger charge is 2.39. The molecule has 0 saturated carbocycles. The van der Waals surface area contributed by atoms with Crippen LogP contribution in [-0.4, -0.2) is 55.6 Å². The molecule has 2 atom stereocenters. The van der Waals surface area contributed by atoms with Crippen molar-refractivity contribution in [1.29, 1.82) is 0 Å². The summed E-state index contributed by atoms with van der Waals surface area (Å²) in [5, 5.41) is 5.04. The van der Waals surface area contributed by atoms with Crippen molar-refractivity contribution in [3.8, 4) is 5.75 Å². The van der Waals surface area contributed by atoms with Crippen molar-refractivity contribution >= 4 is 37.1 Å². The molecule has 0 aliphatic carbocycles. The standard InChI is InChI=1S/C35H46N2O6Si/c1-34(2,3)42-33(40)37-21-11-14-29(41-32(39)27-16-15-24-12-9-10-13-26(24)22-27)23-30(37)36-31(38)25-17-19-28(20-18-25)43-44(7,8)35(4,5)6/h9-10,12-13,15-20,22,29-30H,11,14,21,23H2,1-8H3,(H,36,38). The lowest BCUT2D eigenvalue weighted by atomic mass is 10.1. The van der Waals surface area contributed by atoms with Gasteiger partial charge in [-0.2, -0.15) is 0 Å². The minimum Gasteiger partial charge on any atom is -0.544 e. The average molecular weight is 619 g/mol. The SMILES string of the molecule is CC(C)(C)OC(=O)N1CCCC(OC(=O)c2ccc3ccccc3c2)CC1NC(=O)c1ccc(O[Si](C)(C)C(C)(C)C)cc1. The van der Waals surface area contributed by atoms with Crippen molar-refractivity contribution < 1.29 is 28.3 Å². The highest BCUT2D eigenvalue weighted by molar-refractivity contribution is 6.74. The third-order valence-corrected chi connectivity index (χ3v) is 12.6. The number of nitrogens with one attached hydrogen (secondary N) is 1. The predicted octanol–water partition coefficient (Wildman–Crippen LogP) is 7.93. The summed E-state index contributed by atoms with van der Waals surface area (Å²) in [7, 11) is -2.03. The molecule has 3 aromatic carbocycles. The number of carbonyl (C=O) groups is 3. The second-order valence-electron chi connectivity index (χ2n) is 14.0. The van der Waals surface area contributed by atoms with Crippen molar-refractivity contribution in [2.24, 2.45) is 0 Å². The number of benzene rings is 3. The first-order valence-electron chi connectivity index (χ1n) is 15.3. The van der Waals surface area contributed by atoms with Gasteiger partial charge in [0.25, 0.3) is 5.91 Å². The molecule has 1 heterocycles. The molecule has 0 radical (unpaired) electrons. The molecule has 1 aliphatic heterocycles. The summed E-state index contributed by atoms with van der Waals surface area (Å²) in [6.45, 7) is 16.6. The van der Waals surface area contributed by atoms with Gasteiger partial charge in [0.15, 0.2) is 0 Å². The smallest absolute Gasteiger partial charge is 0.411 e. The van der Waals surface area contributed by atoms with E-state index in [-0.39, 0.29) is 17.4 Å². The van der Waals surface area contributed by atoms with E-state index in [1.54, 1.807) is 39.0 Å². The lowest BCUT2D eigenvalue weighted by Gasteiger charge is -2.36. The molecule has 44 heavy (non-hydrogen) atoms. The minimum absolute atomic E-state index is 0.0436. The summed E-state index contributed by atoms with van der Waals surface area (Å²) in [5.41, 5.74) is 0.183. The molecule has 2 unspecified atom stereocenters. The topological polar surface area (TPSA) is 94.2 Å². The van der Waals surface area contributed by atoms with Crippen LogP contribution in [0.1, 0.15) is 81.5 Å². The molecule has 8 nitrogen and oxygen atoms in total. The zero-order valence-electron chi connectivity index (χ0n) is 27.2. The van der Waals surface area contributed by atoms with Gasteiger partial charge in [-0.3, -0.25) is 9.69 Å². The van der Waals surface area contributed by atoms with E-state index in [2.05, 4.69) is 39.2 Å². The number of carbonyl (C=O) groups excluding carboxylic acids is 3. The maximum absolute atomic E-state index is 13.5. The molecule has 4 rings (SSSR count). The van der Waals surface area contributed by atoms with Crippen molar-refractivity contribution in [1.82, 2.24) is 10.2 Å². The van der Waals surface area contributed by atoms with E-state index in [0.717, 1.165) is 16.5 Å². The monoisotopic (exact) mass is 618 g/mol. The first-order valence-corrected chi connectivity index (χ1v) is 18.2. The molecule has 3 aromatic rings. The fraction of sp³-hybridized carbons (Fsp3) is 0.457. The Kier molecular flexibility index (Phi) is 9.78. The Morgan fingerprint density at radius 1 is 0.864 bits per heavy atom. The first-order chi connectivity index (χ1) is 20.5. The van der Waals surface area contributed by atoms with Crippen LogP contribution in [0.25, 0.3) is 10.8 Å². The van der Waals surface area contributed by atoms with Gasteiger partial charge in [-0.25, -0.2) is 9.59 Å². The van der Waals surface area contributed by atoms with Crippen molar-refractivity contribution in [2.75, 3.05) is 6.54 Å². The minimum atomic E-state index is -2.03. The Morgan fingerprint density at radius 3 is 2.14 bits per heavy atom. The van der Waals surface area contributed by atoms with Crippen molar-refractivity contribution in [3.05, 3.63) is 77.9 Å². The second-order valence-corrected chi connectivity index (χ2v) is 18.7. The van der Waals surface area contributed by atoms with Crippen LogP contribution in [0.15, 0.2) is 66.7 Å². The van der Waals surface area contributed by atoms with Crippen LogP contribution >= 0.6 is 0 Å². The van der Waals surface area contributed by atoms with Gasteiger partial charge in [0, 0.05) is 18.5 Å². The van der Waals surface area contributed by atoms with Crippen LogP contribution in [0.4, 0.5) is 4.79 Å². The molecule has 236 valence electrons. The van der Waals surface area contributed by atoms with Crippen LogP contribution in [0.2, 0.25) is 18.1 Å². The number of esters is 1. The van der Waals surface area contributed by atoms with Crippen LogP contribution in [-0.2, 0) is 9.47 Å². The van der Waals surface area contributed by atoms with Gasteiger partial charge in [0.05, 0.1) is 5.56 Å². The summed E-state index contributed by atoms with van der Waals surface area (Å²) in [4.78, 5) is 41.5. The number of ether oxygens (including phenoxy) is 2. The Hall–Kier alpha value is -3.85. The predicted molar refractivity (Wildman–Crippen MR) is 175 cm³/mol. The number of likely N-dealkylation sites (tertiary alicyclic amines) is 1. The van der Waals surface area contributed by atoms with Crippen LogP contribution in [0, 0.1) is 0 Å². The number of rotatable bonds is 6. The number of hydrogen-bond donors (Lipinski definition) is 1. The first kappa shape index (κ1) is 33.0. The molecule has 0 bridgehead atoms. The molecule has 1 saturated heterocycles. The van der Waals surface area contributed by atoms with E-state index in [4.69, 9.17) is 13.9 Å². The molecule has 1 aliphatic rings. The van der Waals surface area contributed by atoms with Gasteiger partial charge in [-0.1, -0.05) is 51.1 Å². The number of nitrogens with zero attached hydrogens (tertiary/aromatic N) is 1. The fourth-order valence-corrected chi connectivity index (χ4v) is 5.85. The van der Waals surface area contributed by atoms with Gasteiger partial charge in [0.2, 0.25) is 8.32 Å². The Balaban J connectivity index is 1.51. The van der Waals surface area contributed by atoms with Gasteiger partial charge in [-0.05, 0) is 98.9 Å². The van der Waals surface area contributed by atoms with Gasteiger partial charge in [-0.15, -0.1) is 0 Å². The summed E-state index contributed by atoms with van der Waals surface area (Å²) >= 11 is 0. The van der Waals surface area contributed by atoms with Gasteiger partial charge in [0.1, 0.15) is 23.6 Å². The molecule has 9 heteroatoms. The zero-order chi connectivity index (χ0) is 32.3. The molecule has 2 amide bonds. The highest BCUT2D eigenvalue weighted by atomic mass is 28.4. The van der Waals surface area contributed by atoms with E-state index in [1.807, 2.05) is 48.5 Å². The molecule has 1 N–H and O–H groups in total. The fourth-order valence-electron chi connectivity index (χ4n) is 4.81. The molecular formula is C35H46N2O6Si. The largest absolute Gasteiger partial charge is 0.544 e. The molecule has 0 spiro atoms. The Labute approximate surface area is 262 Å². The number of amides is 2. The summed E-state index contributed by atoms with van der Waals surface area (Å²) in [6.07, 6.45) is -0.408. The lowest BCUT2D eigenvalue weighted by molar-refractivity contribution is 0.00667. The summed E-state index contributed by atoms with van der Waals surface area (Å²) in [5.74, 6) is -0.0588. The summed E-state index contributed by atoms with van der Waals surface area (Å²) < 4.78 is 18.0. The van der Waals surface area contributed by atoms with Crippen LogP contribution < -0.4 is 9.74 Å². The number of fused-ring (bicyclic) bond motifs is 1. The average Bonchev–Trinajstić information content (AvgIpc) is 3.13. The Bertz CT molecular complexity index is 1490. The zero-order valence-corrected chi connectivity index (χ0v) is 28.2. The lowest BCUT2D eigenvalue weighted by Crippen LogP contribution is -2.52. The van der Waals surface area contributed by atoms with Gasteiger partial charge >= 0.3 is 12.1 Å². The third-order valence-electron chi connectivity index (χ3n) is 8.27. The maximum atomic E-state index is 13.5. The van der Waals surface area contributed by atoms with E-state index in [1.165, 1.54) is 4.90 Å². The van der Waals surface area contributed by atoms with E-state index < -0.39 is 38.3 Å². The maximum Gasteiger partial charge on any atom is 0.411 e. The third kappa shape index (κ3) is 8.40. The van der Waals surface area contributed by atoms with E-state index in [9.17, 15) is 14.4 Å². The van der Waals surface area contributed by atoms with Crippen molar-refractivity contribution in [2.45, 2.75) is 96.8 Å². The second kappa shape index (κ2) is 13.0. The van der Waals surface area contributed by atoms with Crippen LogP contribution in [0.3, 0.4) is 0 Å². The highest BCUT2D eigenvalue weighted by Crippen LogP contribution is 2.37. The quantitative estimate of drug-likeness (QED) is 0.223. The normalized spacial score (nSPS) is 17.9. The van der Waals surface area contributed by atoms with Crippen molar-refractivity contribution in [3.63, 3.8) is 0 Å². The number of hydrogen-bond acceptors (Lipinski definition) is 6. The molecular weight excluding hydrogens is 572 g/mol. The van der Waals surface area contributed by atoms with E-state index >= 15 is 0 Å². The van der Waals surface area contributed by atoms with E-state index in [0.29, 0.717) is 30.5 Å². The Morgan fingerprint density at radius 2 is 1.50 bits per heavy atom. The van der Waals surface area contributed by atoms with Crippen LogP contribution in [0.5, 0.6) is 5.75 Å². The summed E-state index contributed by atoms with van der Waals surface area (Å²) in [6, 6.07) is 20.4. The van der Waals surface area contributed by atoms with Gasteiger partial charge < -0.3 is 19.2 Å². The molecule has 1 fully saturated rings.